The van der Waals surface area contributed by atoms with Gasteiger partial charge in [-0.1, -0.05) is 0 Å². The highest BCUT2D eigenvalue weighted by molar-refractivity contribution is 5.75. The lowest BCUT2D eigenvalue weighted by Crippen LogP contribution is -0.562. The summed E-state index contributed by atoms with van der Waals surface area (Å²) in [7, 11) is 0. The maximum Gasteiger partial charge on any atom is 0 e. The largest absolute Gasteiger partial charge is 0.269 e. The summed E-state index contributed by atoms with van der Waals surface area (Å²) in [5.41, 5.74) is 0. The van der Waals surface area contributed by atoms with E-state index in [9.17, 15) is 0 Å². The fourth-order valence-electron chi connectivity index (χ4n) is 0. The van der Waals surface area contributed by atoms with Gasteiger partial charge < -0.3 is 0 Å². The van der Waals surface area contributed by atoms with Crippen LogP contribution >= 0.6 is 0 Å². The summed E-state index contributed by atoms with van der Waals surface area (Å²) in [6, 6.07) is 0. The molecule has 0 aromatic heterocycles. The van der Waals surface area contributed by atoms with Crippen molar-refractivity contribution in [2.24, 2.45) is 0 Å². The van der Waals surface area contributed by atoms with Crippen LogP contribution in [0.1, 0.15) is 0 Å². The van der Waals surface area contributed by atoms with Gasteiger partial charge in [0.15, 0.2) is 0 Å². The molecule has 0 aromatic rings. The first-order valence-electron chi connectivity index (χ1n) is 0.200. The Hall–Kier alpha value is -0.795. The Kier molecular flexibility index (Phi) is 83200. The van der Waals surface area contributed by atoms with Gasteiger partial charge in [-0.2, -0.15) is 0 Å². The third-order valence-electron chi connectivity index (χ3n) is 0. The Bertz CT molecular complexity index is 14.4. The molecule has 0 aliphatic rings. The molecule has 0 amide bonds. The van der Waals surface area contributed by atoms with Crippen LogP contribution in [-0.4, -0.2) is 8.41 Å². The lowest BCUT2D eigenvalue weighted by Gasteiger charge is -0.577. The highest BCUT2D eigenvalue weighted by Gasteiger charge is 0.577. The van der Waals surface area contributed by atoms with Gasteiger partial charge in [0.05, 0.1) is 0 Å². The minimum absolute atomic E-state index is 0. The number of nitrogens with zero attached hydrogens (tertiary/aromatic N) is 2. The van der Waals surface area contributed by atoms with E-state index in [-0.39, 0.29) is 27.2 Å². The van der Waals surface area contributed by atoms with Gasteiger partial charge in [0.2, 0.25) is 0 Å². The van der Waals surface area contributed by atoms with E-state index >= 15 is 0 Å². The first kappa shape index (κ1) is 4000. The highest BCUT2D eigenvalue weighted by Crippen LogP contribution is 0.592. The van der Waals surface area contributed by atoms with Crippen molar-refractivity contribution in [3.8, 4) is 0 Å². The second-order valence-corrected chi connectivity index (χ2v) is 0. The van der Waals surface area contributed by atoms with Crippen molar-refractivity contribution in [3.63, 3.8) is 0 Å². The molecular formula is H4BF4N2. The summed E-state index contributed by atoms with van der Waals surface area (Å²) >= 11 is 0. The Morgan fingerprint density at radius 2 is 0.571 bits per heavy atom. The zero-order valence-electron chi connectivity index (χ0n) is 3.10. The molecule has 45 valence electrons. The van der Waals surface area contributed by atoms with Gasteiger partial charge in [0.25, 0.3) is 0 Å². The normalized spacial score (nSPS) is 0.286. The third kappa shape index (κ3) is 84.6. The predicted molar refractivity (Wildman–Crippen MR) is 19.2 cm³/mol. The average Bonchev–Trinajstić information content (AvgIpc) is 1.00. The number of hydrogen-bond donors (Lipinski definition) is 0. The fraction of sp³-hybridized carbons (Fsp3) is 0. The van der Waals surface area contributed by atoms with E-state index in [1.807, 2.05) is 0 Å². The summed E-state index contributed by atoms with van der Waals surface area (Å²) in [6.07, 6.45) is 0. The topological polar surface area (TPSA) is 47.6 Å². The predicted octanol–water partition coefficient (Wildman–Crippen LogP) is 0.259. The van der Waals surface area contributed by atoms with Crippen molar-refractivity contribution in [2.45, 2.75) is 0 Å². The maximum absolute atomic E-state index is 6.00. The molecule has 0 rings (SSSR count). The molecule has 0 fully saturated rings. The van der Waals surface area contributed by atoms with Crippen molar-refractivity contribution < 1.29 is 18.8 Å². The van der Waals surface area contributed by atoms with Gasteiger partial charge in [0.1, 0.15) is 0 Å². The summed E-state index contributed by atoms with van der Waals surface area (Å²) in [5.74, 6) is 0. The van der Waals surface area contributed by atoms with Crippen LogP contribution in [0.3, 0.4) is 0 Å². The molecule has 0 aliphatic heterocycles. The van der Waals surface area contributed by atoms with E-state index in [1.54, 1.807) is 0 Å². The zero-order chi connectivity index (χ0) is 2.00. The van der Waals surface area contributed by atoms with Crippen molar-refractivity contribution in [1.82, 2.24) is 0 Å². The van der Waals surface area contributed by atoms with Crippen LogP contribution in [0.25, 0.3) is 0 Å². The van der Waals surface area contributed by atoms with Gasteiger partial charge in [-0.25, -0.2) is 0 Å². The quantitative estimate of drug-likeness (QED) is 0.260. The van der Waals surface area contributed by atoms with E-state index in [0.717, 1.165) is 0 Å². The lowest BCUT2D eigenvalue weighted by atomic mass is 10.8. The molecule has 2 nitrogen and oxygen atoms in total. The van der Waals surface area contributed by atoms with Crippen LogP contribution in [-0.2, 0) is 0 Å². The summed E-state index contributed by atoms with van der Waals surface area (Å²) < 4.78 is 0. The molecule has 0 spiro atoms. The monoisotopic (exact) mass is 119 g/mol. The van der Waals surface area contributed by atoms with E-state index in [4.69, 9.17) is 10.8 Å². The molecule has 0 saturated carbocycles. The van der Waals surface area contributed by atoms with Crippen molar-refractivity contribution >= 4 is 8.41 Å². The molecule has 0 aliphatic carbocycles. The SMILES string of the molecule is F.F.F.F.N#N.[B]. The summed E-state index contributed by atoms with van der Waals surface area (Å²) in [5, 5.41) is 12.0. The third-order valence-corrected chi connectivity index (χ3v) is 0. The Balaban J connectivity index is -0.000000000500. The minimum atomic E-state index is 0. The van der Waals surface area contributed by atoms with Crippen LogP contribution < -0.4 is 0 Å². The van der Waals surface area contributed by atoms with Gasteiger partial charge in [0, 0.05) is 19.2 Å². The van der Waals surface area contributed by atoms with Crippen molar-refractivity contribution in [1.29, 1.82) is 10.8 Å². The minimum Gasteiger partial charge on any atom is -0.269 e. The smallest absolute Gasteiger partial charge is 0 e. The van der Waals surface area contributed by atoms with Crippen molar-refractivity contribution in [2.75, 3.05) is 0 Å². The molecule has 7 heavy (non-hydrogen) atoms. The number of rotatable bonds is 0. The lowest BCUT2D eigenvalue weighted by molar-refractivity contribution is 1.11. The average molecular weight is 119 g/mol. The van der Waals surface area contributed by atoms with Gasteiger partial charge in [-0.3, -0.25) is 18.8 Å². The van der Waals surface area contributed by atoms with Gasteiger partial charge >= 0.3 is 0 Å². The molecule has 0 heterocycles. The number of hydrogen-bond acceptors (Lipinski definition) is 2. The second-order valence-electron chi connectivity index (χ2n) is 0. The van der Waals surface area contributed by atoms with Crippen LogP contribution in [0, 0.1) is 10.8 Å². The Morgan fingerprint density at radius 1 is 0.571 bits per heavy atom. The first-order chi connectivity index (χ1) is 1.00. The molecule has 0 unspecified atom stereocenters. The number of halogens is 4. The molecular weight excluding hydrogens is 115 g/mol. The van der Waals surface area contributed by atoms with Gasteiger partial charge in [-0.05, 0) is 0 Å². The second kappa shape index (κ2) is 146. The molecule has 0 saturated heterocycles. The van der Waals surface area contributed by atoms with Crippen LogP contribution in [0.15, 0.2) is 0 Å². The molecule has 3 radical (unpaired) electrons. The maximum atomic E-state index is 6.00. The van der Waals surface area contributed by atoms with E-state index < -0.39 is 0 Å². The first-order valence-corrected chi connectivity index (χ1v) is 0.200. The summed E-state index contributed by atoms with van der Waals surface area (Å²) in [6.45, 7) is 0. The molecule has 0 bridgehead atoms. The Morgan fingerprint density at radius 3 is 0.571 bits per heavy atom. The van der Waals surface area contributed by atoms with E-state index in [2.05, 4.69) is 0 Å². The Labute approximate surface area is 39.4 Å². The highest BCUT2D eigenvalue weighted by atomic mass is 19.0. The molecule has 7 heteroatoms. The van der Waals surface area contributed by atoms with Crippen LogP contribution in [0.2, 0.25) is 0 Å². The van der Waals surface area contributed by atoms with Crippen LogP contribution in [0.5, 0.6) is 0 Å². The molecule has 0 N–H and O–H groups in total. The standard InChI is InChI=1S/B.4FH.N2/c;;;;;1-2/h;4*1H;. The zero-order valence-corrected chi connectivity index (χ0v) is 3.10. The van der Waals surface area contributed by atoms with Crippen LogP contribution in [0.4, 0.5) is 18.8 Å². The van der Waals surface area contributed by atoms with Gasteiger partial charge in [-0.15, -0.1) is 0 Å². The fourth-order valence-corrected chi connectivity index (χ4v) is 0. The van der Waals surface area contributed by atoms with Crippen molar-refractivity contribution in [3.05, 3.63) is 0 Å². The molecule has 0 atom stereocenters. The molecule has 0 aromatic carbocycles. The van der Waals surface area contributed by atoms with E-state index in [1.165, 1.54) is 0 Å². The van der Waals surface area contributed by atoms with E-state index in [0.29, 0.717) is 0 Å². The summed E-state index contributed by atoms with van der Waals surface area (Å²) in [4.78, 5) is 0.